The number of fused-ring (bicyclic) bond motifs is 3. The van der Waals surface area contributed by atoms with E-state index in [0.717, 1.165) is 17.0 Å². The quantitative estimate of drug-likeness (QED) is 0.219. The molecule has 7 aromatic rings. The van der Waals surface area contributed by atoms with Gasteiger partial charge in [-0.15, -0.1) is 11.3 Å². The van der Waals surface area contributed by atoms with Crippen molar-refractivity contribution in [1.82, 2.24) is 9.97 Å². The summed E-state index contributed by atoms with van der Waals surface area (Å²) < 4.78 is 2.67. The maximum Gasteiger partial charge on any atom is 0.116 e. The Morgan fingerprint density at radius 3 is 1.78 bits per heavy atom. The standard InChI is InChI=1S/C38H30N2S/c1-38(2,3)36-23-34(39-24-40-36)30-15-8-13-28(22-30)26-11-6-10-25(20-26)27-12-7-14-29(21-27)31-17-9-18-33-32-16-4-5-19-35(32)41-37(31)33/h4-24H,1-3H3. The zero-order valence-electron chi connectivity index (χ0n) is 23.4. The van der Waals surface area contributed by atoms with Crippen molar-refractivity contribution in [3.05, 3.63) is 133 Å². The predicted molar refractivity (Wildman–Crippen MR) is 175 cm³/mol. The Bertz CT molecular complexity index is 2040. The van der Waals surface area contributed by atoms with Crippen LogP contribution in [0.1, 0.15) is 26.5 Å². The van der Waals surface area contributed by atoms with E-state index in [-0.39, 0.29) is 5.41 Å². The molecule has 0 saturated heterocycles. The molecule has 5 aromatic carbocycles. The predicted octanol–water partition coefficient (Wildman–Crippen LogP) is 10.8. The van der Waals surface area contributed by atoms with E-state index in [2.05, 4.69) is 152 Å². The second-order valence-electron chi connectivity index (χ2n) is 11.6. The molecule has 0 unspecified atom stereocenters. The minimum absolute atomic E-state index is 0.0271. The first-order chi connectivity index (χ1) is 19.9. The lowest BCUT2D eigenvalue weighted by molar-refractivity contribution is 0.567. The molecule has 7 rings (SSSR count). The van der Waals surface area contributed by atoms with Crippen LogP contribution in [0.5, 0.6) is 0 Å². The summed E-state index contributed by atoms with van der Waals surface area (Å²) in [5, 5.41) is 2.66. The molecule has 41 heavy (non-hydrogen) atoms. The molecule has 2 heterocycles. The highest BCUT2D eigenvalue weighted by molar-refractivity contribution is 7.26. The van der Waals surface area contributed by atoms with Crippen LogP contribution in [0.4, 0.5) is 0 Å². The van der Waals surface area contributed by atoms with E-state index in [4.69, 9.17) is 0 Å². The smallest absolute Gasteiger partial charge is 0.116 e. The molecular weight excluding hydrogens is 516 g/mol. The third kappa shape index (κ3) is 4.83. The molecular formula is C38H30N2S. The largest absolute Gasteiger partial charge is 0.241 e. The highest BCUT2D eigenvalue weighted by Crippen LogP contribution is 2.40. The summed E-state index contributed by atoms with van der Waals surface area (Å²) in [5.41, 5.74) is 10.4. The summed E-state index contributed by atoms with van der Waals surface area (Å²) in [6.07, 6.45) is 1.68. The molecule has 0 spiro atoms. The Hall–Kier alpha value is -4.60. The summed E-state index contributed by atoms with van der Waals surface area (Å²) in [6.45, 7) is 6.54. The number of benzene rings is 5. The molecule has 0 saturated carbocycles. The van der Waals surface area contributed by atoms with Gasteiger partial charge in [0.05, 0.1) is 5.69 Å². The molecule has 0 N–H and O–H groups in total. The second kappa shape index (κ2) is 10.1. The molecule has 0 amide bonds. The van der Waals surface area contributed by atoms with Crippen molar-refractivity contribution in [1.29, 1.82) is 0 Å². The van der Waals surface area contributed by atoms with Crippen molar-refractivity contribution in [2.45, 2.75) is 26.2 Å². The minimum Gasteiger partial charge on any atom is -0.241 e. The molecule has 0 aliphatic rings. The number of aromatic nitrogens is 2. The summed E-state index contributed by atoms with van der Waals surface area (Å²) >= 11 is 1.88. The van der Waals surface area contributed by atoms with E-state index in [9.17, 15) is 0 Å². The number of thiophene rings is 1. The molecule has 0 bridgehead atoms. The molecule has 2 nitrogen and oxygen atoms in total. The van der Waals surface area contributed by atoms with Gasteiger partial charge < -0.3 is 0 Å². The van der Waals surface area contributed by atoms with E-state index < -0.39 is 0 Å². The van der Waals surface area contributed by atoms with Crippen LogP contribution >= 0.6 is 11.3 Å². The van der Waals surface area contributed by atoms with Gasteiger partial charge in [-0.25, -0.2) is 9.97 Å². The van der Waals surface area contributed by atoms with E-state index in [0.29, 0.717) is 0 Å². The average molecular weight is 547 g/mol. The zero-order valence-corrected chi connectivity index (χ0v) is 24.2. The molecule has 3 heteroatoms. The van der Waals surface area contributed by atoms with Crippen LogP contribution in [0.3, 0.4) is 0 Å². The van der Waals surface area contributed by atoms with E-state index >= 15 is 0 Å². The lowest BCUT2D eigenvalue weighted by Gasteiger charge is -2.18. The number of hydrogen-bond donors (Lipinski definition) is 0. The Labute approximate surface area is 245 Å². The van der Waals surface area contributed by atoms with E-state index in [1.54, 1.807) is 6.33 Å². The fourth-order valence-corrected chi connectivity index (χ4v) is 6.74. The fourth-order valence-electron chi connectivity index (χ4n) is 5.50. The monoisotopic (exact) mass is 546 g/mol. The zero-order chi connectivity index (χ0) is 28.0. The highest BCUT2D eigenvalue weighted by Gasteiger charge is 2.17. The Kier molecular flexibility index (Phi) is 6.25. The van der Waals surface area contributed by atoms with Gasteiger partial charge >= 0.3 is 0 Å². The molecule has 0 aliphatic heterocycles. The number of hydrogen-bond acceptors (Lipinski definition) is 3. The molecule has 0 atom stereocenters. The Morgan fingerprint density at radius 2 is 1.07 bits per heavy atom. The third-order valence-corrected chi connectivity index (χ3v) is 8.92. The van der Waals surface area contributed by atoms with Crippen molar-refractivity contribution < 1.29 is 0 Å². The number of rotatable bonds is 4. The summed E-state index contributed by atoms with van der Waals surface area (Å²) in [6, 6.07) is 43.9. The van der Waals surface area contributed by atoms with Crippen molar-refractivity contribution in [3.8, 4) is 44.6 Å². The average Bonchev–Trinajstić information content (AvgIpc) is 3.40. The molecule has 2 aromatic heterocycles. The van der Waals surface area contributed by atoms with Gasteiger partial charge in [0.1, 0.15) is 6.33 Å². The number of nitrogens with zero attached hydrogens (tertiary/aromatic N) is 2. The topological polar surface area (TPSA) is 25.8 Å². The first-order valence-corrected chi connectivity index (χ1v) is 14.8. The van der Waals surface area contributed by atoms with E-state index in [1.165, 1.54) is 53.6 Å². The maximum atomic E-state index is 4.59. The van der Waals surface area contributed by atoms with Crippen LogP contribution in [0.2, 0.25) is 0 Å². The normalized spacial score (nSPS) is 11.8. The summed E-state index contributed by atoms with van der Waals surface area (Å²) in [4.78, 5) is 9.09. The van der Waals surface area contributed by atoms with Gasteiger partial charge in [-0.3, -0.25) is 0 Å². The van der Waals surface area contributed by atoms with Crippen LogP contribution in [0.25, 0.3) is 64.8 Å². The molecule has 0 radical (unpaired) electrons. The van der Waals surface area contributed by atoms with E-state index in [1.807, 2.05) is 11.3 Å². The van der Waals surface area contributed by atoms with Crippen LogP contribution in [0, 0.1) is 0 Å². The van der Waals surface area contributed by atoms with Crippen LogP contribution < -0.4 is 0 Å². The maximum absolute atomic E-state index is 4.59. The van der Waals surface area contributed by atoms with Gasteiger partial charge in [-0.2, -0.15) is 0 Å². The van der Waals surface area contributed by atoms with Gasteiger partial charge in [-0.05, 0) is 63.7 Å². The second-order valence-corrected chi connectivity index (χ2v) is 12.6. The van der Waals surface area contributed by atoms with Crippen molar-refractivity contribution in [3.63, 3.8) is 0 Å². The first kappa shape index (κ1) is 25.4. The molecule has 198 valence electrons. The minimum atomic E-state index is -0.0271. The first-order valence-electron chi connectivity index (χ1n) is 14.0. The lowest BCUT2D eigenvalue weighted by atomic mass is 9.91. The van der Waals surface area contributed by atoms with Gasteiger partial charge in [0, 0.05) is 36.8 Å². The lowest BCUT2D eigenvalue weighted by Crippen LogP contribution is -2.13. The highest BCUT2D eigenvalue weighted by atomic mass is 32.1. The van der Waals surface area contributed by atoms with Gasteiger partial charge in [0.25, 0.3) is 0 Å². The van der Waals surface area contributed by atoms with Gasteiger partial charge in [0.15, 0.2) is 0 Å². The Balaban J connectivity index is 1.26. The van der Waals surface area contributed by atoms with Crippen molar-refractivity contribution in [2.24, 2.45) is 0 Å². The third-order valence-electron chi connectivity index (χ3n) is 7.70. The van der Waals surface area contributed by atoms with Crippen molar-refractivity contribution >= 4 is 31.5 Å². The van der Waals surface area contributed by atoms with Crippen molar-refractivity contribution in [2.75, 3.05) is 0 Å². The van der Waals surface area contributed by atoms with Gasteiger partial charge in [0.2, 0.25) is 0 Å². The SMILES string of the molecule is CC(C)(C)c1cc(-c2cccc(-c3cccc(-c4cccc(-c5cccc6c5sc5ccccc56)c4)c3)c2)ncn1. The summed E-state index contributed by atoms with van der Waals surface area (Å²) in [5.74, 6) is 0. The molecule has 0 aliphatic carbocycles. The summed E-state index contributed by atoms with van der Waals surface area (Å²) in [7, 11) is 0. The van der Waals surface area contributed by atoms with Crippen LogP contribution in [-0.4, -0.2) is 9.97 Å². The van der Waals surface area contributed by atoms with Crippen LogP contribution in [-0.2, 0) is 5.41 Å². The molecule has 0 fully saturated rings. The van der Waals surface area contributed by atoms with Crippen LogP contribution in [0.15, 0.2) is 128 Å². The van der Waals surface area contributed by atoms with Gasteiger partial charge in [-0.1, -0.05) is 112 Å². The Morgan fingerprint density at radius 1 is 0.512 bits per heavy atom. The fraction of sp³-hybridized carbons (Fsp3) is 0.105.